The van der Waals surface area contributed by atoms with E-state index in [4.69, 9.17) is 0 Å². The second-order valence-corrected chi connectivity index (χ2v) is 7.29. The van der Waals surface area contributed by atoms with Crippen molar-refractivity contribution in [1.29, 1.82) is 0 Å². The number of rotatable bonds is 5. The zero-order valence-electron chi connectivity index (χ0n) is 14.5. The van der Waals surface area contributed by atoms with Crippen LogP contribution < -0.4 is 4.90 Å². The van der Waals surface area contributed by atoms with Crippen LogP contribution >= 0.6 is 11.8 Å². The Morgan fingerprint density at radius 2 is 1.84 bits per heavy atom. The van der Waals surface area contributed by atoms with Crippen LogP contribution in [0.25, 0.3) is 0 Å². The van der Waals surface area contributed by atoms with Gasteiger partial charge in [-0.25, -0.2) is 4.39 Å². The Labute approximate surface area is 152 Å². The van der Waals surface area contributed by atoms with Crippen molar-refractivity contribution in [3.8, 4) is 0 Å². The van der Waals surface area contributed by atoms with Gasteiger partial charge in [-0.15, -0.1) is 11.8 Å². The van der Waals surface area contributed by atoms with E-state index in [1.807, 2.05) is 15.9 Å². The number of benzene rings is 2. The lowest BCUT2D eigenvalue weighted by Gasteiger charge is -2.36. The van der Waals surface area contributed by atoms with Crippen LogP contribution in [0.3, 0.4) is 0 Å². The zero-order chi connectivity index (χ0) is 17.6. The predicted molar refractivity (Wildman–Crippen MR) is 103 cm³/mol. The van der Waals surface area contributed by atoms with Crippen LogP contribution in [0.4, 0.5) is 10.1 Å². The average molecular weight is 358 g/mol. The number of carbonyl (C=O) groups is 1. The lowest BCUT2D eigenvalue weighted by atomic mass is 10.2. The third kappa shape index (κ3) is 4.75. The average Bonchev–Trinajstić information content (AvgIpc) is 2.62. The summed E-state index contributed by atoms with van der Waals surface area (Å²) in [5.74, 6) is 1.32. The summed E-state index contributed by atoms with van der Waals surface area (Å²) in [4.78, 5) is 16.3. The molecule has 0 unspecified atom stereocenters. The van der Waals surface area contributed by atoms with Crippen LogP contribution in [0, 0.1) is 12.7 Å². The largest absolute Gasteiger partial charge is 0.366 e. The quantitative estimate of drug-likeness (QED) is 0.814. The summed E-state index contributed by atoms with van der Waals surface area (Å²) >= 11 is 1.65. The van der Waals surface area contributed by atoms with Crippen molar-refractivity contribution in [2.45, 2.75) is 12.7 Å². The minimum atomic E-state index is -0.198. The van der Waals surface area contributed by atoms with Gasteiger partial charge in [-0.2, -0.15) is 0 Å². The highest BCUT2D eigenvalue weighted by atomic mass is 32.2. The molecule has 1 amide bonds. The third-order valence-electron chi connectivity index (χ3n) is 4.40. The Kier molecular flexibility index (Phi) is 5.97. The molecule has 3 nitrogen and oxygen atoms in total. The molecule has 5 heteroatoms. The van der Waals surface area contributed by atoms with E-state index in [1.165, 1.54) is 17.2 Å². The Morgan fingerprint density at radius 3 is 2.56 bits per heavy atom. The van der Waals surface area contributed by atoms with Gasteiger partial charge in [0, 0.05) is 31.9 Å². The molecule has 0 saturated carbocycles. The molecule has 132 valence electrons. The first-order valence-electron chi connectivity index (χ1n) is 8.54. The number of nitrogens with zero attached hydrogens (tertiary/aromatic N) is 2. The summed E-state index contributed by atoms with van der Waals surface area (Å²) in [5.41, 5.74) is 3.12. The number of hydrogen-bond donors (Lipinski definition) is 0. The minimum Gasteiger partial charge on any atom is -0.366 e. The number of amides is 1. The van der Waals surface area contributed by atoms with Gasteiger partial charge in [0.25, 0.3) is 0 Å². The summed E-state index contributed by atoms with van der Waals surface area (Å²) in [5, 5.41) is 0. The predicted octanol–water partition coefficient (Wildman–Crippen LogP) is 3.72. The highest BCUT2D eigenvalue weighted by Gasteiger charge is 2.22. The van der Waals surface area contributed by atoms with Crippen molar-refractivity contribution in [2.75, 3.05) is 36.8 Å². The number of piperazine rings is 1. The summed E-state index contributed by atoms with van der Waals surface area (Å²) in [6, 6.07) is 15.2. The van der Waals surface area contributed by atoms with Gasteiger partial charge >= 0.3 is 0 Å². The molecular weight excluding hydrogens is 335 g/mol. The van der Waals surface area contributed by atoms with Crippen molar-refractivity contribution in [1.82, 2.24) is 4.90 Å². The van der Waals surface area contributed by atoms with Gasteiger partial charge < -0.3 is 9.80 Å². The molecule has 0 bridgehead atoms. The Bertz CT molecular complexity index is 729. The van der Waals surface area contributed by atoms with E-state index < -0.39 is 0 Å². The molecule has 0 aliphatic carbocycles. The first-order valence-corrected chi connectivity index (χ1v) is 9.69. The van der Waals surface area contributed by atoms with Crippen LogP contribution in [0.2, 0.25) is 0 Å². The van der Waals surface area contributed by atoms with E-state index in [-0.39, 0.29) is 11.7 Å². The molecule has 3 rings (SSSR count). The molecule has 1 fully saturated rings. The van der Waals surface area contributed by atoms with Gasteiger partial charge in [0.2, 0.25) is 5.91 Å². The van der Waals surface area contributed by atoms with Crippen molar-refractivity contribution >= 4 is 23.4 Å². The molecule has 0 spiro atoms. The van der Waals surface area contributed by atoms with Gasteiger partial charge in [0.1, 0.15) is 5.82 Å². The van der Waals surface area contributed by atoms with Crippen LogP contribution in [0.15, 0.2) is 48.5 Å². The van der Waals surface area contributed by atoms with Crippen LogP contribution in [-0.4, -0.2) is 42.7 Å². The lowest BCUT2D eigenvalue weighted by Crippen LogP contribution is -2.49. The normalized spacial score (nSPS) is 14.6. The van der Waals surface area contributed by atoms with Crippen LogP contribution in [-0.2, 0) is 10.5 Å². The Hall–Kier alpha value is -2.01. The fourth-order valence-corrected chi connectivity index (χ4v) is 3.93. The molecule has 0 aromatic heterocycles. The SMILES string of the molecule is Cc1cccc(CSCC(=O)N2CCN(c3ccccc3F)CC2)c1. The Morgan fingerprint density at radius 1 is 1.08 bits per heavy atom. The van der Waals surface area contributed by atoms with Crippen molar-refractivity contribution in [3.05, 3.63) is 65.5 Å². The van der Waals surface area contributed by atoms with E-state index in [1.54, 1.807) is 23.9 Å². The molecule has 2 aromatic carbocycles. The number of anilines is 1. The molecule has 0 atom stereocenters. The first kappa shape index (κ1) is 17.8. The summed E-state index contributed by atoms with van der Waals surface area (Å²) in [6.45, 7) is 4.73. The maximum absolute atomic E-state index is 13.9. The molecule has 25 heavy (non-hydrogen) atoms. The van der Waals surface area contributed by atoms with Gasteiger partial charge in [0.15, 0.2) is 0 Å². The standard InChI is InChI=1S/C20H23FN2OS/c1-16-5-4-6-17(13-16)14-25-15-20(24)23-11-9-22(10-12-23)19-8-3-2-7-18(19)21/h2-8,13H,9-12,14-15H2,1H3. The fraction of sp³-hybridized carbons (Fsp3) is 0.350. The summed E-state index contributed by atoms with van der Waals surface area (Å²) in [7, 11) is 0. The Balaban J connectivity index is 1.45. The van der Waals surface area contributed by atoms with Crippen LogP contribution in [0.5, 0.6) is 0 Å². The molecule has 2 aromatic rings. The highest BCUT2D eigenvalue weighted by Crippen LogP contribution is 2.21. The second kappa shape index (κ2) is 8.39. The van der Waals surface area contributed by atoms with Gasteiger partial charge in [-0.1, -0.05) is 42.0 Å². The number of halogens is 1. The molecular formula is C20H23FN2OS. The minimum absolute atomic E-state index is 0.172. The monoisotopic (exact) mass is 358 g/mol. The smallest absolute Gasteiger partial charge is 0.232 e. The first-order chi connectivity index (χ1) is 12.1. The zero-order valence-corrected chi connectivity index (χ0v) is 15.3. The molecule has 0 N–H and O–H groups in total. The summed E-state index contributed by atoms with van der Waals surface area (Å²) in [6.07, 6.45) is 0. The van der Waals surface area contributed by atoms with Gasteiger partial charge in [-0.3, -0.25) is 4.79 Å². The number of aryl methyl sites for hydroxylation is 1. The molecule has 1 aliphatic heterocycles. The fourth-order valence-electron chi connectivity index (χ4n) is 3.05. The van der Waals surface area contributed by atoms with Crippen LogP contribution in [0.1, 0.15) is 11.1 Å². The number of hydrogen-bond acceptors (Lipinski definition) is 3. The topological polar surface area (TPSA) is 23.6 Å². The summed E-state index contributed by atoms with van der Waals surface area (Å²) < 4.78 is 13.9. The molecule has 1 saturated heterocycles. The van der Waals surface area contributed by atoms with E-state index in [0.717, 1.165) is 5.75 Å². The maximum atomic E-state index is 13.9. The second-order valence-electron chi connectivity index (χ2n) is 6.30. The highest BCUT2D eigenvalue weighted by molar-refractivity contribution is 7.99. The van der Waals surface area contributed by atoms with Gasteiger partial charge in [0.05, 0.1) is 11.4 Å². The van der Waals surface area contributed by atoms with E-state index in [2.05, 4.69) is 31.2 Å². The third-order valence-corrected chi connectivity index (χ3v) is 5.39. The molecule has 1 heterocycles. The van der Waals surface area contributed by atoms with Crippen molar-refractivity contribution < 1.29 is 9.18 Å². The maximum Gasteiger partial charge on any atom is 0.232 e. The number of carbonyl (C=O) groups excluding carboxylic acids is 1. The van der Waals surface area contributed by atoms with E-state index in [0.29, 0.717) is 37.6 Å². The molecule has 1 aliphatic rings. The lowest BCUT2D eigenvalue weighted by molar-refractivity contribution is -0.128. The molecule has 0 radical (unpaired) electrons. The number of para-hydroxylation sites is 1. The van der Waals surface area contributed by atoms with Crippen molar-refractivity contribution in [2.24, 2.45) is 0 Å². The van der Waals surface area contributed by atoms with Crippen molar-refractivity contribution in [3.63, 3.8) is 0 Å². The van der Waals surface area contributed by atoms with E-state index >= 15 is 0 Å². The van der Waals surface area contributed by atoms with Gasteiger partial charge in [-0.05, 0) is 24.6 Å². The van der Waals surface area contributed by atoms with E-state index in [9.17, 15) is 9.18 Å². The number of thioether (sulfide) groups is 1.